The molecule has 1 aliphatic rings. The van der Waals surface area contributed by atoms with E-state index in [9.17, 15) is 5.26 Å². The Morgan fingerprint density at radius 2 is 1.89 bits per heavy atom. The average Bonchev–Trinajstić information content (AvgIpc) is 2.63. The third-order valence-electron chi connectivity index (χ3n) is 3.50. The summed E-state index contributed by atoms with van der Waals surface area (Å²) >= 11 is 7.81. The molecule has 0 bridgehead atoms. The summed E-state index contributed by atoms with van der Waals surface area (Å²) < 4.78 is 0. The predicted octanol–water partition coefficient (Wildman–Crippen LogP) is 5.05. The van der Waals surface area contributed by atoms with Crippen molar-refractivity contribution in [2.75, 3.05) is 0 Å². The Kier molecular flexibility index (Phi) is 5.41. The second-order valence-electron chi connectivity index (χ2n) is 4.85. The van der Waals surface area contributed by atoms with Crippen molar-refractivity contribution < 1.29 is 0 Å². The van der Waals surface area contributed by atoms with Crippen LogP contribution in [0.1, 0.15) is 37.7 Å². The molecule has 0 aliphatic heterocycles. The number of nitriles is 1. The molecule has 1 fully saturated rings. The zero-order valence-electron chi connectivity index (χ0n) is 10.4. The van der Waals surface area contributed by atoms with Crippen LogP contribution in [-0.4, -0.2) is 5.25 Å². The van der Waals surface area contributed by atoms with Crippen molar-refractivity contribution in [1.29, 1.82) is 5.26 Å². The van der Waals surface area contributed by atoms with E-state index in [1.165, 1.54) is 31.2 Å². The van der Waals surface area contributed by atoms with Crippen LogP contribution >= 0.6 is 23.4 Å². The summed E-state index contributed by atoms with van der Waals surface area (Å²) in [6.45, 7) is 0. The van der Waals surface area contributed by atoms with Gasteiger partial charge in [-0.15, -0.1) is 0 Å². The molecule has 2 rings (SSSR count). The van der Waals surface area contributed by atoms with Crippen molar-refractivity contribution >= 4 is 23.4 Å². The topological polar surface area (TPSA) is 23.8 Å². The molecule has 1 nitrogen and oxygen atoms in total. The first-order valence-electron chi connectivity index (χ1n) is 6.55. The first-order chi connectivity index (χ1) is 8.79. The van der Waals surface area contributed by atoms with E-state index < -0.39 is 0 Å². The zero-order chi connectivity index (χ0) is 12.8. The van der Waals surface area contributed by atoms with Gasteiger partial charge in [0.05, 0.1) is 12.0 Å². The van der Waals surface area contributed by atoms with Crippen molar-refractivity contribution in [1.82, 2.24) is 0 Å². The summed E-state index contributed by atoms with van der Waals surface area (Å²) in [7, 11) is 0. The lowest BCUT2D eigenvalue weighted by Gasteiger charge is -2.18. The quantitative estimate of drug-likeness (QED) is 0.723. The molecule has 0 radical (unpaired) electrons. The third-order valence-corrected chi connectivity index (χ3v) is 5.24. The van der Waals surface area contributed by atoms with Crippen molar-refractivity contribution in [2.24, 2.45) is 5.92 Å². The standard InChI is InChI=1S/C15H18ClNS/c16-14-8-6-12(7-9-14)11-18-15-5-3-1-2-4-13(15)10-17/h6-9,13,15H,1-5,11H2. The fourth-order valence-electron chi connectivity index (χ4n) is 2.40. The number of benzene rings is 1. The van der Waals surface area contributed by atoms with Crippen LogP contribution in [0, 0.1) is 17.2 Å². The van der Waals surface area contributed by atoms with E-state index in [0.717, 1.165) is 17.2 Å². The number of thioether (sulfide) groups is 1. The molecule has 0 amide bonds. The van der Waals surface area contributed by atoms with E-state index in [0.29, 0.717) is 5.25 Å². The minimum Gasteiger partial charge on any atom is -0.198 e. The van der Waals surface area contributed by atoms with E-state index in [1.54, 1.807) is 0 Å². The monoisotopic (exact) mass is 279 g/mol. The number of hydrogen-bond acceptors (Lipinski definition) is 2. The van der Waals surface area contributed by atoms with Crippen LogP contribution in [0.15, 0.2) is 24.3 Å². The summed E-state index contributed by atoms with van der Waals surface area (Å²) in [4.78, 5) is 0. The Balaban J connectivity index is 1.91. The number of halogens is 1. The molecule has 0 N–H and O–H groups in total. The molecule has 0 aromatic heterocycles. The van der Waals surface area contributed by atoms with Gasteiger partial charge in [-0.3, -0.25) is 0 Å². The van der Waals surface area contributed by atoms with Crippen molar-refractivity contribution in [3.63, 3.8) is 0 Å². The maximum atomic E-state index is 9.24. The van der Waals surface area contributed by atoms with Gasteiger partial charge in [-0.1, -0.05) is 43.0 Å². The zero-order valence-corrected chi connectivity index (χ0v) is 12.0. The number of hydrogen-bond donors (Lipinski definition) is 0. The summed E-state index contributed by atoms with van der Waals surface area (Å²) in [5, 5.41) is 10.5. The smallest absolute Gasteiger partial charge is 0.0667 e. The van der Waals surface area contributed by atoms with E-state index in [1.807, 2.05) is 23.9 Å². The molecule has 2 atom stereocenters. The van der Waals surface area contributed by atoms with E-state index in [2.05, 4.69) is 18.2 Å². The summed E-state index contributed by atoms with van der Waals surface area (Å²) in [6, 6.07) is 10.5. The Morgan fingerprint density at radius 1 is 1.17 bits per heavy atom. The molecular formula is C15H18ClNS. The van der Waals surface area contributed by atoms with Gasteiger partial charge >= 0.3 is 0 Å². The van der Waals surface area contributed by atoms with Gasteiger partial charge in [-0.05, 0) is 30.5 Å². The molecule has 0 heterocycles. The van der Waals surface area contributed by atoms with Crippen LogP contribution in [0.5, 0.6) is 0 Å². The first-order valence-corrected chi connectivity index (χ1v) is 7.98. The van der Waals surface area contributed by atoms with Crippen LogP contribution in [0.2, 0.25) is 5.02 Å². The van der Waals surface area contributed by atoms with E-state index in [4.69, 9.17) is 11.6 Å². The molecule has 0 saturated heterocycles. The lowest BCUT2D eigenvalue weighted by molar-refractivity contribution is 0.585. The second kappa shape index (κ2) is 7.07. The molecule has 18 heavy (non-hydrogen) atoms. The van der Waals surface area contributed by atoms with Gasteiger partial charge in [0.1, 0.15) is 0 Å². The van der Waals surface area contributed by atoms with Crippen LogP contribution in [0.3, 0.4) is 0 Å². The van der Waals surface area contributed by atoms with Gasteiger partial charge in [0, 0.05) is 16.0 Å². The highest BCUT2D eigenvalue weighted by molar-refractivity contribution is 7.99. The van der Waals surface area contributed by atoms with Crippen molar-refractivity contribution in [2.45, 2.75) is 43.1 Å². The van der Waals surface area contributed by atoms with Crippen LogP contribution in [0.4, 0.5) is 0 Å². The third kappa shape index (κ3) is 3.93. The molecule has 0 spiro atoms. The Hall–Kier alpha value is -0.650. The summed E-state index contributed by atoms with van der Waals surface area (Å²) in [5.74, 6) is 1.23. The van der Waals surface area contributed by atoms with Gasteiger partial charge in [-0.25, -0.2) is 0 Å². The van der Waals surface area contributed by atoms with Crippen LogP contribution in [-0.2, 0) is 5.75 Å². The molecule has 1 aromatic rings. The second-order valence-corrected chi connectivity index (χ2v) is 6.51. The summed E-state index contributed by atoms with van der Waals surface area (Å²) in [6.07, 6.45) is 6.05. The van der Waals surface area contributed by atoms with Crippen LogP contribution < -0.4 is 0 Å². The Bertz CT molecular complexity index is 409. The largest absolute Gasteiger partial charge is 0.198 e. The lowest BCUT2D eigenvalue weighted by Crippen LogP contribution is -2.14. The van der Waals surface area contributed by atoms with Crippen molar-refractivity contribution in [3.05, 3.63) is 34.9 Å². The molecule has 1 saturated carbocycles. The molecule has 1 aliphatic carbocycles. The fraction of sp³-hybridized carbons (Fsp3) is 0.533. The normalized spacial score (nSPS) is 24.2. The fourth-order valence-corrected chi connectivity index (χ4v) is 3.89. The Morgan fingerprint density at radius 3 is 2.61 bits per heavy atom. The highest BCUT2D eigenvalue weighted by Gasteiger charge is 2.23. The van der Waals surface area contributed by atoms with Gasteiger partial charge in [-0.2, -0.15) is 17.0 Å². The summed E-state index contributed by atoms with van der Waals surface area (Å²) in [5.41, 5.74) is 1.30. The van der Waals surface area contributed by atoms with Crippen LogP contribution in [0.25, 0.3) is 0 Å². The Labute approximate surface area is 119 Å². The van der Waals surface area contributed by atoms with Gasteiger partial charge in [0.2, 0.25) is 0 Å². The maximum Gasteiger partial charge on any atom is 0.0667 e. The van der Waals surface area contributed by atoms with E-state index in [-0.39, 0.29) is 5.92 Å². The molecule has 3 heteroatoms. The van der Waals surface area contributed by atoms with Gasteiger partial charge < -0.3 is 0 Å². The average molecular weight is 280 g/mol. The molecule has 96 valence electrons. The van der Waals surface area contributed by atoms with Crippen molar-refractivity contribution in [3.8, 4) is 6.07 Å². The highest BCUT2D eigenvalue weighted by atomic mass is 35.5. The molecule has 2 unspecified atom stereocenters. The highest BCUT2D eigenvalue weighted by Crippen LogP contribution is 2.33. The first kappa shape index (κ1) is 13.8. The van der Waals surface area contributed by atoms with Gasteiger partial charge in [0.15, 0.2) is 0 Å². The minimum absolute atomic E-state index is 0.241. The SMILES string of the molecule is N#CC1CCCCCC1SCc1ccc(Cl)cc1. The lowest BCUT2D eigenvalue weighted by atomic mass is 10.0. The van der Waals surface area contributed by atoms with E-state index >= 15 is 0 Å². The van der Waals surface area contributed by atoms with Gasteiger partial charge in [0.25, 0.3) is 0 Å². The number of nitrogens with zero attached hydrogens (tertiary/aromatic N) is 1. The molecular weight excluding hydrogens is 262 g/mol. The maximum absolute atomic E-state index is 9.24. The number of rotatable bonds is 3. The minimum atomic E-state index is 0.241. The predicted molar refractivity (Wildman–Crippen MR) is 78.7 cm³/mol. The molecule has 1 aromatic carbocycles.